The first-order chi connectivity index (χ1) is 19.3. The van der Waals surface area contributed by atoms with Crippen LogP contribution in [-0.4, -0.2) is 51.0 Å². The summed E-state index contributed by atoms with van der Waals surface area (Å²) in [6.45, 7) is 0.422. The number of amides is 1. The van der Waals surface area contributed by atoms with Gasteiger partial charge in [0.15, 0.2) is 6.10 Å². The van der Waals surface area contributed by atoms with E-state index in [1.54, 1.807) is 4.90 Å². The van der Waals surface area contributed by atoms with Crippen LogP contribution >= 0.6 is 11.3 Å². The number of nitrogens with zero attached hydrogens (tertiary/aromatic N) is 5. The maximum absolute atomic E-state index is 13.3. The molecule has 2 aromatic heterocycles. The Balaban J connectivity index is 1.16. The van der Waals surface area contributed by atoms with Crippen LogP contribution in [0.25, 0.3) is 0 Å². The average Bonchev–Trinajstić information content (AvgIpc) is 3.72. The van der Waals surface area contributed by atoms with Crippen molar-refractivity contribution in [1.29, 1.82) is 0 Å². The van der Waals surface area contributed by atoms with E-state index in [2.05, 4.69) is 16.2 Å². The van der Waals surface area contributed by atoms with Crippen LogP contribution in [0.2, 0.25) is 0 Å². The van der Waals surface area contributed by atoms with E-state index in [-0.39, 0.29) is 18.6 Å². The lowest BCUT2D eigenvalue weighted by molar-refractivity contribution is -0.133. The number of hydrogen-bond donors (Lipinski definition) is 0. The van der Waals surface area contributed by atoms with Crippen LogP contribution in [-0.2, 0) is 16.2 Å². The first-order valence-corrected chi connectivity index (χ1v) is 13.5. The van der Waals surface area contributed by atoms with Crippen LogP contribution in [0, 0.1) is 12.3 Å². The number of ether oxygens (including phenoxy) is 1. The Morgan fingerprint density at radius 3 is 2.70 bits per heavy atom. The van der Waals surface area contributed by atoms with E-state index in [0.29, 0.717) is 48.8 Å². The van der Waals surface area contributed by atoms with E-state index in [1.807, 2.05) is 29.6 Å². The molecule has 0 bridgehead atoms. The van der Waals surface area contributed by atoms with Crippen molar-refractivity contribution in [1.82, 2.24) is 19.7 Å². The van der Waals surface area contributed by atoms with Gasteiger partial charge in [0.25, 0.3) is 12.9 Å². The fourth-order valence-electron chi connectivity index (χ4n) is 4.77. The Morgan fingerprint density at radius 1 is 1.20 bits per heavy atom. The zero-order valence-electron chi connectivity index (χ0n) is 21.2. The third kappa shape index (κ3) is 5.96. The number of carbonyl (C=O) groups excluding carboxylic acids is 1. The van der Waals surface area contributed by atoms with Gasteiger partial charge in [-0.1, -0.05) is 29.3 Å². The second-order valence-electron chi connectivity index (χ2n) is 9.35. The largest absolute Gasteiger partial charge is 0.481 e. The number of thiazole rings is 1. The number of halogens is 4. The third-order valence-corrected chi connectivity index (χ3v) is 7.83. The Labute approximate surface area is 231 Å². The number of benzene rings is 1. The molecule has 0 spiro atoms. The van der Waals surface area contributed by atoms with E-state index >= 15 is 0 Å². The molecular weight excluding hydrogens is 550 g/mol. The second-order valence-corrected chi connectivity index (χ2v) is 10.2. The molecule has 3 aromatic rings. The maximum atomic E-state index is 13.3. The van der Waals surface area contributed by atoms with Gasteiger partial charge in [0, 0.05) is 36.4 Å². The van der Waals surface area contributed by atoms with Crippen molar-refractivity contribution in [3.63, 3.8) is 0 Å². The standard InChI is InChI=1S/C27H25F4N5O3S/c1-2-11-38-22-6-4-3-5-17(22)23-13-18(34-39-23)20-15-40-27(32-20)16-7-9-35(10-8-16)24(37)14-36-21(26(30)31)12-19(33-36)25(28)29/h1,3-6,12,15-16,23,25-26H,7-11,13-14H2/t23-/m1/s1. The minimum Gasteiger partial charge on any atom is -0.481 e. The molecule has 1 amide bonds. The number of aromatic nitrogens is 3. The molecule has 2 aliphatic rings. The fraction of sp³-hybridized carbons (Fsp3) is 0.407. The highest BCUT2D eigenvalue weighted by molar-refractivity contribution is 7.10. The molecule has 0 radical (unpaired) electrons. The SMILES string of the molecule is C#CCOc1ccccc1[C@H]1CC(c2csc(C3CCN(C(=O)Cn4nc(C(F)F)cc4C(F)F)CC3)n2)=NO1. The third-order valence-electron chi connectivity index (χ3n) is 6.82. The van der Waals surface area contributed by atoms with E-state index in [9.17, 15) is 22.4 Å². The van der Waals surface area contributed by atoms with E-state index in [0.717, 1.165) is 22.0 Å². The fourth-order valence-corrected chi connectivity index (χ4v) is 5.77. The van der Waals surface area contributed by atoms with Crippen molar-refractivity contribution >= 4 is 23.0 Å². The van der Waals surface area contributed by atoms with E-state index in [4.69, 9.17) is 21.0 Å². The highest BCUT2D eigenvalue weighted by atomic mass is 32.1. The van der Waals surface area contributed by atoms with Gasteiger partial charge in [0.2, 0.25) is 5.91 Å². The molecule has 5 rings (SSSR count). The summed E-state index contributed by atoms with van der Waals surface area (Å²) in [5.41, 5.74) is 0.843. The number of alkyl halides is 4. The lowest BCUT2D eigenvalue weighted by Gasteiger charge is -2.31. The Hall–Kier alpha value is -3.92. The molecule has 1 saturated heterocycles. The molecule has 0 unspecified atom stereocenters. The lowest BCUT2D eigenvalue weighted by atomic mass is 9.97. The minimum atomic E-state index is -3.01. The summed E-state index contributed by atoms with van der Waals surface area (Å²) in [7, 11) is 0. The van der Waals surface area contributed by atoms with Crippen LogP contribution in [0.1, 0.15) is 71.8 Å². The summed E-state index contributed by atoms with van der Waals surface area (Å²) in [6, 6.07) is 8.14. The van der Waals surface area contributed by atoms with Crippen molar-refractivity contribution in [2.24, 2.45) is 5.16 Å². The number of rotatable bonds is 9. The summed E-state index contributed by atoms with van der Waals surface area (Å²) in [4.78, 5) is 24.8. The first kappa shape index (κ1) is 27.6. The van der Waals surface area contributed by atoms with E-state index < -0.39 is 36.7 Å². The average molecular weight is 576 g/mol. The van der Waals surface area contributed by atoms with Crippen LogP contribution < -0.4 is 4.74 Å². The van der Waals surface area contributed by atoms with Crippen LogP contribution in [0.3, 0.4) is 0 Å². The number of terminal acetylenes is 1. The number of likely N-dealkylation sites (tertiary alicyclic amines) is 1. The monoisotopic (exact) mass is 575 g/mol. The zero-order chi connectivity index (χ0) is 28.2. The number of piperidine rings is 1. The Bertz CT molecular complexity index is 1430. The van der Waals surface area contributed by atoms with Crippen LogP contribution in [0.15, 0.2) is 40.9 Å². The van der Waals surface area contributed by atoms with Gasteiger partial charge in [-0.15, -0.1) is 17.8 Å². The molecule has 210 valence electrons. The first-order valence-electron chi connectivity index (χ1n) is 12.6. The summed E-state index contributed by atoms with van der Waals surface area (Å²) < 4.78 is 58.7. The quantitative estimate of drug-likeness (QED) is 0.249. The minimum absolute atomic E-state index is 0.117. The summed E-state index contributed by atoms with van der Waals surface area (Å²) in [5, 5.41) is 10.6. The van der Waals surface area contributed by atoms with Crippen molar-refractivity contribution < 1.29 is 31.9 Å². The number of hydrogen-bond acceptors (Lipinski definition) is 7. The van der Waals surface area contributed by atoms with Gasteiger partial charge in [-0.05, 0) is 25.0 Å². The Morgan fingerprint density at radius 2 is 1.98 bits per heavy atom. The second kappa shape index (κ2) is 12.1. The Kier molecular flexibility index (Phi) is 8.35. The van der Waals surface area contributed by atoms with Crippen LogP contribution in [0.5, 0.6) is 5.75 Å². The molecule has 1 aromatic carbocycles. The molecular formula is C27H25F4N5O3S. The molecule has 4 heterocycles. The molecule has 1 fully saturated rings. The predicted octanol–water partition coefficient (Wildman–Crippen LogP) is 5.50. The van der Waals surface area contributed by atoms with Crippen molar-refractivity contribution in [3.05, 3.63) is 63.4 Å². The molecule has 1 atom stereocenters. The van der Waals surface area contributed by atoms with Crippen LogP contribution in [0.4, 0.5) is 17.6 Å². The highest BCUT2D eigenvalue weighted by Gasteiger charge is 2.31. The normalized spacial score (nSPS) is 17.7. The summed E-state index contributed by atoms with van der Waals surface area (Å²) in [6.07, 6.45) is 0.770. The van der Waals surface area contributed by atoms with Gasteiger partial charge in [-0.3, -0.25) is 9.48 Å². The smallest absolute Gasteiger partial charge is 0.282 e. The van der Waals surface area contributed by atoms with Crippen molar-refractivity contribution in [2.75, 3.05) is 19.7 Å². The summed E-state index contributed by atoms with van der Waals surface area (Å²) >= 11 is 1.51. The van der Waals surface area contributed by atoms with Crippen molar-refractivity contribution in [3.8, 4) is 18.1 Å². The zero-order valence-corrected chi connectivity index (χ0v) is 22.0. The molecule has 40 heavy (non-hydrogen) atoms. The van der Waals surface area contributed by atoms with Gasteiger partial charge < -0.3 is 14.5 Å². The molecule has 13 heteroatoms. The van der Waals surface area contributed by atoms with Gasteiger partial charge in [-0.25, -0.2) is 22.5 Å². The lowest BCUT2D eigenvalue weighted by Crippen LogP contribution is -2.40. The van der Waals surface area contributed by atoms with Gasteiger partial charge in [-0.2, -0.15) is 5.10 Å². The molecule has 8 nitrogen and oxygen atoms in total. The maximum Gasteiger partial charge on any atom is 0.282 e. The number of carbonyl (C=O) groups is 1. The highest BCUT2D eigenvalue weighted by Crippen LogP contribution is 2.36. The predicted molar refractivity (Wildman–Crippen MR) is 139 cm³/mol. The number of oxime groups is 1. The number of para-hydroxylation sites is 1. The molecule has 0 saturated carbocycles. The van der Waals surface area contributed by atoms with Gasteiger partial charge >= 0.3 is 0 Å². The molecule has 2 aliphatic heterocycles. The topological polar surface area (TPSA) is 81.8 Å². The van der Waals surface area contributed by atoms with Gasteiger partial charge in [0.1, 0.15) is 36.0 Å². The summed E-state index contributed by atoms with van der Waals surface area (Å²) in [5.74, 6) is 2.77. The van der Waals surface area contributed by atoms with E-state index in [1.165, 1.54) is 11.3 Å². The van der Waals surface area contributed by atoms with Gasteiger partial charge in [0.05, 0.1) is 10.7 Å². The van der Waals surface area contributed by atoms with Crippen molar-refractivity contribution in [2.45, 2.75) is 50.7 Å². The molecule has 0 N–H and O–H groups in total. The molecule has 0 aliphatic carbocycles.